The van der Waals surface area contributed by atoms with Crippen LogP contribution in [0, 0.1) is 17.7 Å². The van der Waals surface area contributed by atoms with E-state index in [1.807, 2.05) is 4.90 Å². The van der Waals surface area contributed by atoms with Gasteiger partial charge in [0.1, 0.15) is 5.82 Å². The van der Waals surface area contributed by atoms with Gasteiger partial charge >= 0.3 is 0 Å². The lowest BCUT2D eigenvalue weighted by Crippen LogP contribution is -2.49. The van der Waals surface area contributed by atoms with Crippen LogP contribution in [0.25, 0.3) is 0 Å². The highest BCUT2D eigenvalue weighted by molar-refractivity contribution is 5.85. The van der Waals surface area contributed by atoms with Crippen molar-refractivity contribution in [2.45, 2.75) is 38.6 Å². The van der Waals surface area contributed by atoms with Gasteiger partial charge in [0.2, 0.25) is 11.8 Å². The minimum atomic E-state index is -0.515. The van der Waals surface area contributed by atoms with E-state index in [9.17, 15) is 14.0 Å². The van der Waals surface area contributed by atoms with Gasteiger partial charge in [-0.1, -0.05) is 25.1 Å². The molecule has 0 spiro atoms. The Morgan fingerprint density at radius 2 is 1.83 bits per heavy atom. The highest BCUT2D eigenvalue weighted by atomic mass is 19.1. The lowest BCUT2D eigenvalue weighted by Gasteiger charge is -2.41. The highest BCUT2D eigenvalue weighted by Crippen LogP contribution is 2.38. The van der Waals surface area contributed by atoms with Crippen LogP contribution in [0.4, 0.5) is 4.39 Å². The molecule has 130 valence electrons. The SMILES string of the molecule is CC1CCN(C(=O)[C@@H]2CCC(=O)N(C)[C@H]2c2ccccc2F)CC1. The highest BCUT2D eigenvalue weighted by Gasteiger charge is 2.41. The number of hydrogen-bond acceptors (Lipinski definition) is 2. The standard InChI is InChI=1S/C19H25FN2O2/c1-13-9-11-22(12-10-13)19(24)15-7-8-17(23)21(2)18(15)14-5-3-4-6-16(14)20/h3-6,13,15,18H,7-12H2,1-2H3/t15-,18+/m1/s1. The van der Waals surface area contributed by atoms with E-state index in [2.05, 4.69) is 6.92 Å². The van der Waals surface area contributed by atoms with Crippen molar-refractivity contribution in [3.05, 3.63) is 35.6 Å². The maximum Gasteiger partial charge on any atom is 0.228 e. The summed E-state index contributed by atoms with van der Waals surface area (Å²) in [7, 11) is 1.68. The van der Waals surface area contributed by atoms with Gasteiger partial charge in [-0.15, -0.1) is 0 Å². The van der Waals surface area contributed by atoms with Crippen molar-refractivity contribution in [2.24, 2.45) is 11.8 Å². The van der Waals surface area contributed by atoms with Crippen molar-refractivity contribution in [2.75, 3.05) is 20.1 Å². The maximum absolute atomic E-state index is 14.3. The summed E-state index contributed by atoms with van der Waals surface area (Å²) >= 11 is 0. The van der Waals surface area contributed by atoms with E-state index in [0.29, 0.717) is 24.3 Å². The molecule has 1 aromatic carbocycles. The number of likely N-dealkylation sites (tertiary alicyclic amines) is 2. The zero-order valence-electron chi connectivity index (χ0n) is 14.4. The Bertz CT molecular complexity index is 626. The van der Waals surface area contributed by atoms with Gasteiger partial charge in [0.25, 0.3) is 0 Å². The number of carbonyl (C=O) groups excluding carboxylic acids is 2. The van der Waals surface area contributed by atoms with E-state index in [1.165, 1.54) is 6.07 Å². The predicted molar refractivity (Wildman–Crippen MR) is 89.6 cm³/mol. The zero-order valence-corrected chi connectivity index (χ0v) is 14.4. The average Bonchev–Trinajstić information content (AvgIpc) is 2.58. The summed E-state index contributed by atoms with van der Waals surface area (Å²) in [4.78, 5) is 28.7. The summed E-state index contributed by atoms with van der Waals surface area (Å²) in [5, 5.41) is 0. The second-order valence-electron chi connectivity index (χ2n) is 7.12. The molecule has 24 heavy (non-hydrogen) atoms. The molecule has 2 aliphatic rings. The van der Waals surface area contributed by atoms with E-state index >= 15 is 0 Å². The third kappa shape index (κ3) is 3.17. The number of hydrogen-bond donors (Lipinski definition) is 0. The summed E-state index contributed by atoms with van der Waals surface area (Å²) < 4.78 is 14.3. The lowest BCUT2D eigenvalue weighted by molar-refractivity contribution is -0.147. The lowest BCUT2D eigenvalue weighted by atomic mass is 9.83. The monoisotopic (exact) mass is 332 g/mol. The molecular weight excluding hydrogens is 307 g/mol. The first-order valence-electron chi connectivity index (χ1n) is 8.78. The molecule has 0 N–H and O–H groups in total. The Morgan fingerprint density at radius 1 is 1.17 bits per heavy atom. The van der Waals surface area contributed by atoms with Gasteiger partial charge in [-0.2, -0.15) is 0 Å². The third-order valence-electron chi connectivity index (χ3n) is 5.50. The molecule has 2 saturated heterocycles. The number of piperidine rings is 2. The van der Waals surface area contributed by atoms with Crippen molar-refractivity contribution in [1.29, 1.82) is 0 Å². The molecule has 0 unspecified atom stereocenters. The van der Waals surface area contributed by atoms with Crippen LogP contribution < -0.4 is 0 Å². The Labute approximate surface area is 142 Å². The fraction of sp³-hybridized carbons (Fsp3) is 0.579. The molecule has 0 aliphatic carbocycles. The van der Waals surface area contributed by atoms with Gasteiger partial charge in [0.15, 0.2) is 0 Å². The first kappa shape index (κ1) is 16.9. The van der Waals surface area contributed by atoms with Crippen molar-refractivity contribution in [1.82, 2.24) is 9.80 Å². The molecule has 1 aromatic rings. The quantitative estimate of drug-likeness (QED) is 0.835. The van der Waals surface area contributed by atoms with Gasteiger partial charge in [-0.3, -0.25) is 9.59 Å². The second kappa shape index (κ2) is 6.91. The molecule has 2 amide bonds. The minimum absolute atomic E-state index is 0.0282. The number of carbonyl (C=O) groups is 2. The zero-order chi connectivity index (χ0) is 17.3. The van der Waals surface area contributed by atoms with Gasteiger partial charge in [0, 0.05) is 32.1 Å². The Hall–Kier alpha value is -1.91. The molecule has 3 rings (SSSR count). The number of halogens is 1. The number of amides is 2. The number of rotatable bonds is 2. The summed E-state index contributed by atoms with van der Waals surface area (Å²) in [6.45, 7) is 3.73. The Morgan fingerprint density at radius 3 is 2.50 bits per heavy atom. The summed E-state index contributed by atoms with van der Waals surface area (Å²) in [6.07, 6.45) is 2.87. The molecule has 2 fully saturated rings. The van der Waals surface area contributed by atoms with Crippen LogP contribution in [0.2, 0.25) is 0 Å². The van der Waals surface area contributed by atoms with Crippen molar-refractivity contribution in [3.63, 3.8) is 0 Å². The van der Waals surface area contributed by atoms with E-state index < -0.39 is 6.04 Å². The molecular formula is C19H25FN2O2. The molecule has 2 atom stereocenters. The molecule has 2 aliphatic heterocycles. The van der Waals surface area contributed by atoms with Crippen molar-refractivity contribution < 1.29 is 14.0 Å². The third-order valence-corrected chi connectivity index (χ3v) is 5.50. The van der Waals surface area contributed by atoms with Crippen LogP contribution in [-0.2, 0) is 9.59 Å². The Kier molecular flexibility index (Phi) is 4.88. The molecule has 2 heterocycles. The molecule has 4 nitrogen and oxygen atoms in total. The van der Waals surface area contributed by atoms with Gasteiger partial charge in [0.05, 0.1) is 12.0 Å². The van der Waals surface area contributed by atoms with Crippen LogP contribution in [-0.4, -0.2) is 41.8 Å². The molecule has 0 saturated carbocycles. The van der Waals surface area contributed by atoms with Crippen LogP contribution >= 0.6 is 0 Å². The second-order valence-corrected chi connectivity index (χ2v) is 7.12. The van der Waals surface area contributed by atoms with E-state index in [1.54, 1.807) is 30.1 Å². The van der Waals surface area contributed by atoms with E-state index in [4.69, 9.17) is 0 Å². The smallest absolute Gasteiger partial charge is 0.228 e. The van der Waals surface area contributed by atoms with Gasteiger partial charge in [-0.05, 0) is 31.2 Å². The molecule has 0 radical (unpaired) electrons. The molecule has 0 bridgehead atoms. The first-order valence-corrected chi connectivity index (χ1v) is 8.78. The number of benzene rings is 1. The maximum atomic E-state index is 14.3. The summed E-state index contributed by atoms with van der Waals surface area (Å²) in [6, 6.07) is 5.96. The molecule has 0 aromatic heterocycles. The minimum Gasteiger partial charge on any atom is -0.342 e. The predicted octanol–water partition coefficient (Wildman–Crippen LogP) is 2.99. The van der Waals surface area contributed by atoms with Crippen LogP contribution in [0.1, 0.15) is 44.2 Å². The average molecular weight is 332 g/mol. The van der Waals surface area contributed by atoms with E-state index in [0.717, 1.165) is 25.9 Å². The van der Waals surface area contributed by atoms with E-state index in [-0.39, 0.29) is 23.5 Å². The van der Waals surface area contributed by atoms with Crippen LogP contribution in [0.15, 0.2) is 24.3 Å². The topological polar surface area (TPSA) is 40.6 Å². The fourth-order valence-electron chi connectivity index (χ4n) is 3.90. The van der Waals surface area contributed by atoms with Gasteiger partial charge < -0.3 is 9.80 Å². The fourth-order valence-corrected chi connectivity index (χ4v) is 3.90. The number of nitrogens with zero attached hydrogens (tertiary/aromatic N) is 2. The van der Waals surface area contributed by atoms with Crippen LogP contribution in [0.5, 0.6) is 0 Å². The van der Waals surface area contributed by atoms with Crippen molar-refractivity contribution >= 4 is 11.8 Å². The largest absolute Gasteiger partial charge is 0.342 e. The first-order chi connectivity index (χ1) is 11.5. The normalized spacial score (nSPS) is 25.9. The summed E-state index contributed by atoms with van der Waals surface area (Å²) in [5.41, 5.74) is 0.441. The molecule has 5 heteroatoms. The summed E-state index contributed by atoms with van der Waals surface area (Å²) in [5.74, 6) is -0.0341. The Balaban J connectivity index is 1.88. The van der Waals surface area contributed by atoms with Gasteiger partial charge in [-0.25, -0.2) is 4.39 Å². The van der Waals surface area contributed by atoms with Crippen LogP contribution in [0.3, 0.4) is 0 Å². The van der Waals surface area contributed by atoms with Crippen molar-refractivity contribution in [3.8, 4) is 0 Å².